The number of ether oxygens (including phenoxy) is 1. The topological polar surface area (TPSA) is 9.23 Å². The van der Waals surface area contributed by atoms with Crippen molar-refractivity contribution in [3.63, 3.8) is 0 Å². The van der Waals surface area contributed by atoms with E-state index in [2.05, 4.69) is 10.2 Å². The maximum absolute atomic E-state index is 14.4. The Morgan fingerprint density at radius 3 is 2.00 bits per heavy atom. The zero-order valence-corrected chi connectivity index (χ0v) is 15.1. The minimum atomic E-state index is -3.56. The molecule has 1 nitrogen and oxygen atoms in total. The highest BCUT2D eigenvalue weighted by Gasteiger charge is 2.34. The lowest BCUT2D eigenvalue weighted by Gasteiger charge is -2.19. The van der Waals surface area contributed by atoms with Gasteiger partial charge >= 0.3 is 6.11 Å². The van der Waals surface area contributed by atoms with Gasteiger partial charge < -0.3 is 4.74 Å². The first-order valence-electron chi connectivity index (χ1n) is 8.06. The Kier molecular flexibility index (Phi) is 5.18. The van der Waals surface area contributed by atoms with Crippen LogP contribution >= 0.6 is 0 Å². The smallest absolute Gasteiger partial charge is 0.426 e. The fraction of sp³-hybridized carbons (Fsp3) is 0.143. The zero-order valence-electron chi connectivity index (χ0n) is 14.1. The molecule has 0 N–H and O–H groups in total. The molecule has 3 rings (SSSR count). The molecule has 3 radical (unpaired) electrons. The summed E-state index contributed by atoms with van der Waals surface area (Å²) in [7, 11) is 3.43. The monoisotopic (exact) mass is 369 g/mol. The first-order chi connectivity index (χ1) is 12.4. The molecular weight excluding hydrogens is 353 g/mol. The molecule has 0 aliphatic carbocycles. The van der Waals surface area contributed by atoms with Gasteiger partial charge in [-0.05, 0) is 47.9 Å². The zero-order chi connectivity index (χ0) is 18.7. The predicted octanol–water partition coefficient (Wildman–Crippen LogP) is 5.60. The Hall–Kier alpha value is -2.53. The average Bonchev–Trinajstić information content (AvgIpc) is 2.65. The van der Waals surface area contributed by atoms with E-state index >= 15 is 0 Å². The van der Waals surface area contributed by atoms with Crippen molar-refractivity contribution in [2.24, 2.45) is 0 Å². The Balaban J connectivity index is 1.80. The first kappa shape index (κ1) is 18.3. The molecule has 0 fully saturated rings. The van der Waals surface area contributed by atoms with Crippen molar-refractivity contribution in [3.05, 3.63) is 89.2 Å². The molecule has 0 aliphatic heterocycles. The summed E-state index contributed by atoms with van der Waals surface area (Å²) in [5.74, 6) is -0.798. The highest BCUT2D eigenvalue weighted by atomic mass is 28.1. The van der Waals surface area contributed by atoms with E-state index in [9.17, 15) is 13.2 Å². The molecule has 0 saturated carbocycles. The van der Waals surface area contributed by atoms with Gasteiger partial charge in [0.1, 0.15) is 11.6 Å². The van der Waals surface area contributed by atoms with Gasteiger partial charge in [0, 0.05) is 16.3 Å². The summed E-state index contributed by atoms with van der Waals surface area (Å²) in [5.41, 5.74) is 2.97. The number of rotatable bonds is 5. The van der Waals surface area contributed by atoms with Gasteiger partial charge in [0.05, 0.1) is 5.56 Å². The largest absolute Gasteiger partial charge is 0.429 e. The number of alkyl halides is 2. The predicted molar refractivity (Wildman–Crippen MR) is 97.0 cm³/mol. The first-order valence-corrected chi connectivity index (χ1v) is 8.77. The van der Waals surface area contributed by atoms with Gasteiger partial charge in [-0.25, -0.2) is 4.39 Å². The van der Waals surface area contributed by atoms with Crippen LogP contribution in [-0.2, 0) is 12.2 Å². The summed E-state index contributed by atoms with van der Waals surface area (Å²) < 4.78 is 47.0. The van der Waals surface area contributed by atoms with Gasteiger partial charge in [0.15, 0.2) is 0 Å². The number of benzene rings is 3. The number of hydrogen-bond acceptors (Lipinski definition) is 1. The van der Waals surface area contributed by atoms with Crippen molar-refractivity contribution in [3.8, 4) is 16.9 Å². The van der Waals surface area contributed by atoms with Gasteiger partial charge in [0.2, 0.25) is 0 Å². The van der Waals surface area contributed by atoms with Crippen LogP contribution in [0.5, 0.6) is 5.75 Å². The Morgan fingerprint density at radius 2 is 1.46 bits per heavy atom. The Morgan fingerprint density at radius 1 is 0.885 bits per heavy atom. The van der Waals surface area contributed by atoms with E-state index in [0.29, 0.717) is 5.56 Å². The molecule has 0 saturated heterocycles. The highest BCUT2D eigenvalue weighted by molar-refractivity contribution is 6.08. The van der Waals surface area contributed by atoms with E-state index in [-0.39, 0.29) is 11.3 Å². The standard InChI is InChI=1S/C21H16F3OSi/c1-14-2-11-19(12-20(14)22)25-21(23,24)18-9-7-17(8-10-18)16-5-3-15(13-26)4-6-16/h2-12H,13H2,1H3. The minimum Gasteiger partial charge on any atom is -0.429 e. The quantitative estimate of drug-likeness (QED) is 0.532. The molecule has 3 aromatic rings. The summed E-state index contributed by atoms with van der Waals surface area (Å²) in [4.78, 5) is 0. The fourth-order valence-corrected chi connectivity index (χ4v) is 2.75. The molecule has 0 aromatic heterocycles. The molecule has 0 spiro atoms. The lowest BCUT2D eigenvalue weighted by Crippen LogP contribution is -2.21. The minimum absolute atomic E-state index is 0.215. The number of hydrogen-bond donors (Lipinski definition) is 0. The molecular formula is C21H16F3OSi. The number of halogens is 3. The van der Waals surface area contributed by atoms with Crippen LogP contribution < -0.4 is 4.74 Å². The van der Waals surface area contributed by atoms with Gasteiger partial charge in [-0.2, -0.15) is 8.78 Å². The Labute approximate surface area is 153 Å². The fourth-order valence-electron chi connectivity index (χ4n) is 2.52. The SMILES string of the molecule is Cc1ccc(OC(F)(F)c2ccc(-c3ccc(C[Si])cc3)cc2)cc1F. The molecule has 5 heteroatoms. The molecule has 0 aliphatic rings. The van der Waals surface area contributed by atoms with Gasteiger partial charge in [0.25, 0.3) is 0 Å². The van der Waals surface area contributed by atoms with Crippen LogP contribution in [0, 0.1) is 12.7 Å². The van der Waals surface area contributed by atoms with E-state index in [0.717, 1.165) is 28.8 Å². The normalized spacial score (nSPS) is 11.4. The summed E-state index contributed by atoms with van der Waals surface area (Å²) in [6.07, 6.45) is -3.56. The summed E-state index contributed by atoms with van der Waals surface area (Å²) in [6.45, 7) is 1.56. The van der Waals surface area contributed by atoms with Gasteiger partial charge in [-0.1, -0.05) is 48.0 Å². The van der Waals surface area contributed by atoms with Crippen LogP contribution in [0.1, 0.15) is 16.7 Å². The van der Waals surface area contributed by atoms with Crippen LogP contribution in [0.15, 0.2) is 66.7 Å². The third kappa shape index (κ3) is 3.99. The molecule has 0 unspecified atom stereocenters. The molecule has 0 amide bonds. The molecule has 131 valence electrons. The summed E-state index contributed by atoms with van der Waals surface area (Å²) in [5, 5.41) is 0. The van der Waals surface area contributed by atoms with Crippen LogP contribution in [0.25, 0.3) is 11.1 Å². The van der Waals surface area contributed by atoms with E-state index in [1.54, 1.807) is 19.1 Å². The van der Waals surface area contributed by atoms with E-state index in [4.69, 9.17) is 4.74 Å². The van der Waals surface area contributed by atoms with Crippen molar-refractivity contribution < 1.29 is 17.9 Å². The van der Waals surface area contributed by atoms with Crippen molar-refractivity contribution >= 4 is 10.2 Å². The maximum Gasteiger partial charge on any atom is 0.426 e. The van der Waals surface area contributed by atoms with E-state index < -0.39 is 11.9 Å². The van der Waals surface area contributed by atoms with E-state index in [1.807, 2.05) is 24.3 Å². The third-order valence-corrected chi connectivity index (χ3v) is 4.51. The van der Waals surface area contributed by atoms with Crippen molar-refractivity contribution in [2.75, 3.05) is 0 Å². The third-order valence-electron chi connectivity index (χ3n) is 4.10. The highest BCUT2D eigenvalue weighted by Crippen LogP contribution is 2.33. The lowest BCUT2D eigenvalue weighted by atomic mass is 10.0. The second-order valence-corrected chi connectivity index (χ2v) is 6.33. The summed E-state index contributed by atoms with van der Waals surface area (Å²) in [6, 6.07) is 18.1. The van der Waals surface area contributed by atoms with Crippen LogP contribution in [-0.4, -0.2) is 10.2 Å². The maximum atomic E-state index is 14.4. The molecule has 0 atom stereocenters. The molecule has 26 heavy (non-hydrogen) atoms. The van der Waals surface area contributed by atoms with Crippen molar-refractivity contribution in [1.82, 2.24) is 0 Å². The van der Waals surface area contributed by atoms with Crippen LogP contribution in [0.4, 0.5) is 13.2 Å². The van der Waals surface area contributed by atoms with E-state index in [1.165, 1.54) is 24.3 Å². The second-order valence-electron chi connectivity index (χ2n) is 5.98. The van der Waals surface area contributed by atoms with Gasteiger partial charge in [-0.3, -0.25) is 0 Å². The number of aryl methyl sites for hydroxylation is 1. The van der Waals surface area contributed by atoms with Crippen LogP contribution in [0.3, 0.4) is 0 Å². The summed E-state index contributed by atoms with van der Waals surface area (Å²) >= 11 is 0. The molecule has 0 heterocycles. The molecule has 3 aromatic carbocycles. The average molecular weight is 369 g/mol. The van der Waals surface area contributed by atoms with Crippen molar-refractivity contribution in [1.29, 1.82) is 0 Å². The molecule has 0 bridgehead atoms. The van der Waals surface area contributed by atoms with Gasteiger partial charge in [-0.15, -0.1) is 0 Å². The van der Waals surface area contributed by atoms with Crippen LogP contribution in [0.2, 0.25) is 0 Å². The second kappa shape index (κ2) is 7.38. The Bertz CT molecular complexity index is 890. The van der Waals surface area contributed by atoms with Crippen molar-refractivity contribution in [2.45, 2.75) is 19.1 Å². The lowest BCUT2D eigenvalue weighted by molar-refractivity contribution is -0.185.